The Morgan fingerprint density at radius 1 is 1.16 bits per heavy atom. The number of piperidine rings is 1. The highest BCUT2D eigenvalue weighted by atomic mass is 35.5. The molecule has 178 valence electrons. The number of ether oxygens (including phenoxy) is 2. The van der Waals surface area contributed by atoms with E-state index in [0.717, 1.165) is 12.8 Å². The van der Waals surface area contributed by atoms with Crippen molar-refractivity contribution in [2.24, 2.45) is 5.92 Å². The van der Waals surface area contributed by atoms with E-state index in [2.05, 4.69) is 0 Å². The molecule has 2 aliphatic heterocycles. The van der Waals surface area contributed by atoms with Crippen LogP contribution in [0, 0.1) is 5.92 Å². The standard InChI is InChI=1S/C22H31ClN2O6S/c1-14-6-5-9-25(11-14)32(28,29)20-10-18(7-8-19(20)23)22(27)31-17(4)21(26)24-12-15(2)30-16(3)13-24/h7-8,10,14-17H,5-6,9,11-13H2,1-4H3. The molecule has 4 unspecified atom stereocenters. The molecule has 0 saturated carbocycles. The highest BCUT2D eigenvalue weighted by Crippen LogP contribution is 2.29. The molecule has 1 amide bonds. The van der Waals surface area contributed by atoms with Gasteiger partial charge in [-0.2, -0.15) is 4.31 Å². The van der Waals surface area contributed by atoms with Gasteiger partial charge < -0.3 is 14.4 Å². The molecule has 2 saturated heterocycles. The van der Waals surface area contributed by atoms with Crippen LogP contribution in [-0.2, 0) is 24.3 Å². The van der Waals surface area contributed by atoms with Crippen LogP contribution in [0.5, 0.6) is 0 Å². The van der Waals surface area contributed by atoms with E-state index in [0.29, 0.717) is 26.2 Å². The summed E-state index contributed by atoms with van der Waals surface area (Å²) in [4.78, 5) is 27.0. The molecule has 4 atom stereocenters. The Morgan fingerprint density at radius 2 is 1.81 bits per heavy atom. The van der Waals surface area contributed by atoms with Crippen molar-refractivity contribution in [3.05, 3.63) is 28.8 Å². The Hall–Kier alpha value is -1.68. The molecule has 2 heterocycles. The van der Waals surface area contributed by atoms with Crippen LogP contribution in [0.15, 0.2) is 23.1 Å². The van der Waals surface area contributed by atoms with Crippen molar-refractivity contribution in [1.29, 1.82) is 0 Å². The van der Waals surface area contributed by atoms with Crippen molar-refractivity contribution >= 4 is 33.5 Å². The van der Waals surface area contributed by atoms with Crippen molar-refractivity contribution in [2.75, 3.05) is 26.2 Å². The summed E-state index contributed by atoms with van der Waals surface area (Å²) in [6, 6.07) is 4.00. The number of sulfonamides is 1. The van der Waals surface area contributed by atoms with Crippen LogP contribution in [0.1, 0.15) is 50.9 Å². The number of halogens is 1. The number of nitrogens with zero attached hydrogens (tertiary/aromatic N) is 2. The highest BCUT2D eigenvalue weighted by Gasteiger charge is 2.33. The fourth-order valence-electron chi connectivity index (χ4n) is 4.23. The van der Waals surface area contributed by atoms with Crippen molar-refractivity contribution in [3.63, 3.8) is 0 Å². The lowest BCUT2D eigenvalue weighted by atomic mass is 10.0. The predicted molar refractivity (Wildman–Crippen MR) is 120 cm³/mol. The zero-order valence-electron chi connectivity index (χ0n) is 18.9. The Labute approximate surface area is 194 Å². The lowest BCUT2D eigenvalue weighted by Gasteiger charge is -2.36. The maximum absolute atomic E-state index is 13.1. The second-order valence-corrected chi connectivity index (χ2v) is 11.1. The maximum Gasteiger partial charge on any atom is 0.338 e. The van der Waals surface area contributed by atoms with Gasteiger partial charge in [-0.25, -0.2) is 13.2 Å². The first-order valence-electron chi connectivity index (χ1n) is 10.9. The van der Waals surface area contributed by atoms with Crippen LogP contribution < -0.4 is 0 Å². The summed E-state index contributed by atoms with van der Waals surface area (Å²) in [6.45, 7) is 8.94. The van der Waals surface area contributed by atoms with Crippen molar-refractivity contribution in [3.8, 4) is 0 Å². The lowest BCUT2D eigenvalue weighted by Crippen LogP contribution is -2.51. The summed E-state index contributed by atoms with van der Waals surface area (Å²) in [7, 11) is -3.85. The minimum atomic E-state index is -3.85. The first-order chi connectivity index (χ1) is 15.0. The van der Waals surface area contributed by atoms with Crippen LogP contribution in [0.3, 0.4) is 0 Å². The molecule has 2 aliphatic rings. The maximum atomic E-state index is 13.1. The molecule has 3 rings (SSSR count). The molecule has 32 heavy (non-hydrogen) atoms. The normalized spacial score (nSPS) is 25.9. The summed E-state index contributed by atoms with van der Waals surface area (Å²) in [5.41, 5.74) is 0.0291. The third-order valence-corrected chi connectivity index (χ3v) is 8.11. The van der Waals surface area contributed by atoms with Gasteiger partial charge in [0.1, 0.15) is 4.90 Å². The topological polar surface area (TPSA) is 93.2 Å². The predicted octanol–water partition coefficient (Wildman–Crippen LogP) is 2.94. The zero-order chi connectivity index (χ0) is 23.6. The van der Waals surface area contributed by atoms with Gasteiger partial charge in [-0.15, -0.1) is 0 Å². The average Bonchev–Trinajstić information content (AvgIpc) is 2.72. The number of esters is 1. The number of carbonyl (C=O) groups is 2. The highest BCUT2D eigenvalue weighted by molar-refractivity contribution is 7.89. The Kier molecular flexibility index (Phi) is 7.85. The molecule has 2 fully saturated rings. The van der Waals surface area contributed by atoms with Gasteiger partial charge in [0, 0.05) is 26.2 Å². The number of hydrogen-bond acceptors (Lipinski definition) is 6. The van der Waals surface area contributed by atoms with Gasteiger partial charge in [-0.3, -0.25) is 4.79 Å². The van der Waals surface area contributed by atoms with Gasteiger partial charge in [-0.1, -0.05) is 18.5 Å². The van der Waals surface area contributed by atoms with Gasteiger partial charge in [0.15, 0.2) is 6.10 Å². The van der Waals surface area contributed by atoms with Gasteiger partial charge in [-0.05, 0) is 57.7 Å². The van der Waals surface area contributed by atoms with Gasteiger partial charge in [0.2, 0.25) is 10.0 Å². The van der Waals surface area contributed by atoms with E-state index in [1.807, 2.05) is 20.8 Å². The molecule has 1 aromatic carbocycles. The van der Waals surface area contributed by atoms with Gasteiger partial charge >= 0.3 is 5.97 Å². The first kappa shape index (κ1) is 25.0. The first-order valence-corrected chi connectivity index (χ1v) is 12.8. The van der Waals surface area contributed by atoms with Crippen molar-refractivity contribution in [2.45, 2.75) is 63.7 Å². The summed E-state index contributed by atoms with van der Waals surface area (Å²) < 4.78 is 38.7. The number of hydrogen-bond donors (Lipinski definition) is 0. The van der Waals surface area contributed by atoms with Crippen LogP contribution in [0.2, 0.25) is 5.02 Å². The molecule has 0 radical (unpaired) electrons. The van der Waals surface area contributed by atoms with E-state index >= 15 is 0 Å². The number of morpholine rings is 1. The number of benzene rings is 1. The molecule has 10 heteroatoms. The fraction of sp³-hybridized carbons (Fsp3) is 0.636. The third-order valence-electron chi connectivity index (χ3n) is 5.77. The molecule has 0 bridgehead atoms. The number of rotatable bonds is 5. The molecule has 0 aromatic heterocycles. The Bertz CT molecular complexity index is 959. The van der Waals surface area contributed by atoms with E-state index in [9.17, 15) is 18.0 Å². The van der Waals surface area contributed by atoms with E-state index in [-0.39, 0.29) is 39.5 Å². The molecule has 8 nitrogen and oxygen atoms in total. The second kappa shape index (κ2) is 10.1. The molecule has 0 aliphatic carbocycles. The van der Waals surface area contributed by atoms with Gasteiger partial charge in [0.05, 0.1) is 22.8 Å². The quantitative estimate of drug-likeness (QED) is 0.594. The van der Waals surface area contributed by atoms with E-state index < -0.39 is 22.1 Å². The van der Waals surface area contributed by atoms with Crippen molar-refractivity contribution in [1.82, 2.24) is 9.21 Å². The lowest BCUT2D eigenvalue weighted by molar-refractivity contribution is -0.151. The summed E-state index contributed by atoms with van der Waals surface area (Å²) in [5, 5.41) is 0.0418. The van der Waals surface area contributed by atoms with Crippen LogP contribution in [-0.4, -0.2) is 74.0 Å². The summed E-state index contributed by atoms with van der Waals surface area (Å²) in [5.74, 6) is -0.840. The second-order valence-electron chi connectivity index (χ2n) is 8.80. The zero-order valence-corrected chi connectivity index (χ0v) is 20.5. The van der Waals surface area contributed by atoms with E-state index in [1.54, 1.807) is 4.90 Å². The van der Waals surface area contributed by atoms with Crippen LogP contribution in [0.25, 0.3) is 0 Å². The molecule has 0 N–H and O–H groups in total. The minimum absolute atomic E-state index is 0.0291. The molecular formula is C22H31ClN2O6S. The number of amides is 1. The average molecular weight is 487 g/mol. The fourth-order valence-corrected chi connectivity index (χ4v) is 6.32. The smallest absolute Gasteiger partial charge is 0.338 e. The summed E-state index contributed by atoms with van der Waals surface area (Å²) in [6.07, 6.45) is 0.523. The minimum Gasteiger partial charge on any atom is -0.449 e. The van der Waals surface area contributed by atoms with Gasteiger partial charge in [0.25, 0.3) is 5.91 Å². The van der Waals surface area contributed by atoms with E-state index in [1.165, 1.54) is 29.4 Å². The summed E-state index contributed by atoms with van der Waals surface area (Å²) >= 11 is 6.20. The van der Waals surface area contributed by atoms with E-state index in [4.69, 9.17) is 21.1 Å². The molecular weight excluding hydrogens is 456 g/mol. The van der Waals surface area contributed by atoms with Crippen LogP contribution in [0.4, 0.5) is 0 Å². The van der Waals surface area contributed by atoms with Crippen LogP contribution >= 0.6 is 11.6 Å². The van der Waals surface area contributed by atoms with Crippen molar-refractivity contribution < 1.29 is 27.5 Å². The monoisotopic (exact) mass is 486 g/mol. The third kappa shape index (κ3) is 5.62. The molecule has 0 spiro atoms. The Morgan fingerprint density at radius 3 is 2.44 bits per heavy atom. The SMILES string of the molecule is CC1CCCN(S(=O)(=O)c2cc(C(=O)OC(C)C(=O)N3CC(C)OC(C)C3)ccc2Cl)C1. The Balaban J connectivity index is 1.74. The largest absolute Gasteiger partial charge is 0.449 e. The number of carbonyl (C=O) groups excluding carboxylic acids is 2. The molecule has 1 aromatic rings.